The van der Waals surface area contributed by atoms with Gasteiger partial charge in [-0.25, -0.2) is 0 Å². The first kappa shape index (κ1) is 14.5. The first-order valence-electron chi connectivity index (χ1n) is 6.22. The lowest BCUT2D eigenvalue weighted by Crippen LogP contribution is -2.18. The van der Waals surface area contributed by atoms with Crippen LogP contribution in [0.2, 0.25) is 0 Å². The van der Waals surface area contributed by atoms with E-state index in [0.717, 1.165) is 21.3 Å². The minimum absolute atomic E-state index is 0.160. The van der Waals surface area contributed by atoms with Crippen molar-refractivity contribution in [1.82, 2.24) is 9.78 Å². The van der Waals surface area contributed by atoms with Crippen LogP contribution in [0.1, 0.15) is 21.6 Å². The zero-order chi connectivity index (χ0) is 14.7. The van der Waals surface area contributed by atoms with Crippen molar-refractivity contribution in [2.24, 2.45) is 7.05 Å². The number of carbonyl (C=O) groups excluding carboxylic acids is 1. The van der Waals surface area contributed by atoms with Crippen molar-refractivity contribution in [3.63, 3.8) is 0 Å². The van der Waals surface area contributed by atoms with Crippen molar-refractivity contribution in [3.05, 3.63) is 58.3 Å². The van der Waals surface area contributed by atoms with E-state index < -0.39 is 0 Å². The number of halogens is 1. The lowest BCUT2D eigenvalue weighted by atomic mass is 10.1. The Hall–Kier alpha value is -1.88. The third kappa shape index (κ3) is 2.99. The van der Waals surface area contributed by atoms with Crippen LogP contribution >= 0.6 is 15.9 Å². The fraction of sp³-hybridized carbons (Fsp3) is 0.200. The Labute approximate surface area is 126 Å². The van der Waals surface area contributed by atoms with Crippen molar-refractivity contribution >= 4 is 27.5 Å². The van der Waals surface area contributed by atoms with Gasteiger partial charge >= 0.3 is 0 Å². The summed E-state index contributed by atoms with van der Waals surface area (Å²) in [7, 11) is 1.76. The maximum Gasteiger partial charge on any atom is 0.274 e. The van der Waals surface area contributed by atoms with Gasteiger partial charge in [-0.3, -0.25) is 9.48 Å². The molecule has 0 unspecified atom stereocenters. The predicted molar refractivity (Wildman–Crippen MR) is 83.9 cm³/mol. The number of aryl methyl sites for hydroxylation is 2. The number of aromatic nitrogens is 2. The molecular weight excluding hydrogens is 318 g/mol. The molecule has 1 aromatic heterocycles. The van der Waals surface area contributed by atoms with Crippen LogP contribution in [0.5, 0.6) is 0 Å². The summed E-state index contributed by atoms with van der Waals surface area (Å²) in [6.07, 6.45) is 4.08. The maximum atomic E-state index is 12.4. The van der Waals surface area contributed by atoms with Crippen LogP contribution in [0.25, 0.3) is 0 Å². The third-order valence-electron chi connectivity index (χ3n) is 3.03. The topological polar surface area (TPSA) is 46.9 Å². The molecule has 1 N–H and O–H groups in total. The summed E-state index contributed by atoms with van der Waals surface area (Å²) in [6.45, 7) is 5.65. The average Bonchev–Trinajstić information content (AvgIpc) is 2.74. The smallest absolute Gasteiger partial charge is 0.274 e. The number of carbonyl (C=O) groups is 1. The van der Waals surface area contributed by atoms with E-state index in [9.17, 15) is 4.79 Å². The molecule has 0 fully saturated rings. The number of allylic oxidation sites excluding steroid dienone is 1. The van der Waals surface area contributed by atoms with Gasteiger partial charge in [0.15, 0.2) is 0 Å². The van der Waals surface area contributed by atoms with Gasteiger partial charge in [0.1, 0.15) is 5.69 Å². The van der Waals surface area contributed by atoms with E-state index >= 15 is 0 Å². The predicted octanol–water partition coefficient (Wildman–Crippen LogP) is 3.47. The highest BCUT2D eigenvalue weighted by Gasteiger charge is 2.16. The van der Waals surface area contributed by atoms with Gasteiger partial charge < -0.3 is 5.32 Å². The molecule has 0 aliphatic heterocycles. The zero-order valence-electron chi connectivity index (χ0n) is 11.5. The number of anilines is 1. The minimum atomic E-state index is -0.160. The van der Waals surface area contributed by atoms with E-state index in [1.54, 1.807) is 24.0 Å². The van der Waals surface area contributed by atoms with Crippen LogP contribution in [0.4, 0.5) is 5.69 Å². The van der Waals surface area contributed by atoms with E-state index in [-0.39, 0.29) is 5.91 Å². The number of nitrogens with one attached hydrogen (secondary N) is 1. The van der Waals surface area contributed by atoms with Crippen molar-refractivity contribution < 1.29 is 4.79 Å². The summed E-state index contributed by atoms with van der Waals surface area (Å²) in [5, 5.41) is 7.06. The van der Waals surface area contributed by atoms with Gasteiger partial charge in [0.25, 0.3) is 5.91 Å². The highest BCUT2D eigenvalue weighted by Crippen LogP contribution is 2.21. The Morgan fingerprint density at radius 1 is 1.55 bits per heavy atom. The maximum absolute atomic E-state index is 12.4. The lowest BCUT2D eigenvalue weighted by Gasteiger charge is -2.10. The molecule has 0 aliphatic rings. The molecule has 0 saturated heterocycles. The lowest BCUT2D eigenvalue weighted by molar-refractivity contribution is 0.101. The molecule has 4 nitrogen and oxygen atoms in total. The van der Waals surface area contributed by atoms with Gasteiger partial charge in [-0.05, 0) is 37.1 Å². The minimum Gasteiger partial charge on any atom is -0.320 e. The normalized spacial score (nSPS) is 10.3. The Morgan fingerprint density at radius 2 is 2.30 bits per heavy atom. The van der Waals surface area contributed by atoms with Crippen LogP contribution in [0.3, 0.4) is 0 Å². The van der Waals surface area contributed by atoms with E-state index in [4.69, 9.17) is 0 Å². The number of hydrogen-bond donors (Lipinski definition) is 1. The molecule has 0 aliphatic carbocycles. The van der Waals surface area contributed by atoms with Gasteiger partial charge in [0.05, 0.1) is 6.20 Å². The van der Waals surface area contributed by atoms with E-state index in [2.05, 4.69) is 32.9 Å². The molecule has 1 aromatic carbocycles. The van der Waals surface area contributed by atoms with Gasteiger partial charge in [-0.1, -0.05) is 22.0 Å². The highest BCUT2D eigenvalue weighted by molar-refractivity contribution is 9.10. The van der Waals surface area contributed by atoms with E-state index in [1.165, 1.54) is 0 Å². The van der Waals surface area contributed by atoms with Crippen molar-refractivity contribution in [3.8, 4) is 0 Å². The molecule has 2 aromatic rings. The molecule has 5 heteroatoms. The molecule has 1 heterocycles. The van der Waals surface area contributed by atoms with Gasteiger partial charge in [0, 0.05) is 22.8 Å². The Balaban J connectivity index is 2.28. The summed E-state index contributed by atoms with van der Waals surface area (Å²) in [4.78, 5) is 12.4. The summed E-state index contributed by atoms with van der Waals surface area (Å²) >= 11 is 3.41. The first-order chi connectivity index (χ1) is 9.52. The molecule has 0 spiro atoms. The number of benzene rings is 1. The average molecular weight is 334 g/mol. The van der Waals surface area contributed by atoms with Crippen molar-refractivity contribution in [2.45, 2.75) is 13.3 Å². The molecule has 0 atom stereocenters. The van der Waals surface area contributed by atoms with Crippen LogP contribution < -0.4 is 5.32 Å². The molecule has 0 saturated carbocycles. The monoisotopic (exact) mass is 333 g/mol. The molecule has 0 radical (unpaired) electrons. The van der Waals surface area contributed by atoms with E-state index in [1.807, 2.05) is 25.1 Å². The number of amides is 1. The van der Waals surface area contributed by atoms with Crippen LogP contribution in [-0.2, 0) is 13.5 Å². The molecule has 0 bridgehead atoms. The fourth-order valence-corrected chi connectivity index (χ4v) is 2.51. The van der Waals surface area contributed by atoms with Crippen LogP contribution in [-0.4, -0.2) is 15.7 Å². The Morgan fingerprint density at radius 3 is 2.95 bits per heavy atom. The largest absolute Gasteiger partial charge is 0.320 e. The van der Waals surface area contributed by atoms with Gasteiger partial charge in [0.2, 0.25) is 0 Å². The van der Waals surface area contributed by atoms with Gasteiger partial charge in [-0.2, -0.15) is 5.10 Å². The summed E-state index contributed by atoms with van der Waals surface area (Å²) in [5.41, 5.74) is 3.23. The summed E-state index contributed by atoms with van der Waals surface area (Å²) in [6, 6.07) is 5.74. The highest BCUT2D eigenvalue weighted by atomic mass is 79.9. The second-order valence-corrected chi connectivity index (χ2v) is 5.46. The zero-order valence-corrected chi connectivity index (χ0v) is 13.1. The van der Waals surface area contributed by atoms with Crippen LogP contribution in [0.15, 0.2) is 41.5 Å². The van der Waals surface area contributed by atoms with Gasteiger partial charge in [-0.15, -0.1) is 6.58 Å². The fourth-order valence-electron chi connectivity index (χ4n) is 2.03. The third-order valence-corrected chi connectivity index (χ3v) is 3.52. The number of hydrogen-bond acceptors (Lipinski definition) is 2. The molecule has 1 amide bonds. The first-order valence-corrected chi connectivity index (χ1v) is 7.01. The summed E-state index contributed by atoms with van der Waals surface area (Å²) in [5.74, 6) is -0.160. The molecule has 20 heavy (non-hydrogen) atoms. The Kier molecular flexibility index (Phi) is 4.39. The standard InChI is InChI=1S/C15H16BrN3O/c1-4-5-11-9-17-19(3)14(11)15(20)18-13-7-6-12(16)8-10(13)2/h4,6-9H,1,5H2,2-3H3,(H,18,20). The van der Waals surface area contributed by atoms with Crippen molar-refractivity contribution in [1.29, 1.82) is 0 Å². The van der Waals surface area contributed by atoms with Crippen LogP contribution in [0, 0.1) is 6.92 Å². The molecular formula is C15H16BrN3O. The quantitative estimate of drug-likeness (QED) is 0.871. The number of rotatable bonds is 4. The SMILES string of the molecule is C=CCc1cnn(C)c1C(=O)Nc1ccc(Br)cc1C. The second-order valence-electron chi connectivity index (χ2n) is 4.55. The molecule has 104 valence electrons. The Bertz CT molecular complexity index is 661. The second kappa shape index (κ2) is 6.05. The van der Waals surface area contributed by atoms with E-state index in [0.29, 0.717) is 12.1 Å². The molecule has 2 rings (SSSR count). The number of nitrogens with zero attached hydrogens (tertiary/aromatic N) is 2. The summed E-state index contributed by atoms with van der Waals surface area (Å²) < 4.78 is 2.57. The van der Waals surface area contributed by atoms with Crippen molar-refractivity contribution in [2.75, 3.05) is 5.32 Å².